The molecule has 5 heterocycles. The highest BCUT2D eigenvalue weighted by Gasteiger charge is 2.26. The summed E-state index contributed by atoms with van der Waals surface area (Å²) in [7, 11) is 0. The van der Waals surface area contributed by atoms with E-state index in [-0.39, 0.29) is 5.91 Å². The highest BCUT2D eigenvalue weighted by Crippen LogP contribution is 2.38. The first-order valence-corrected chi connectivity index (χ1v) is 13.8. The lowest BCUT2D eigenvalue weighted by Gasteiger charge is -2.35. The largest absolute Gasteiger partial charge is 0.384 e. The van der Waals surface area contributed by atoms with E-state index >= 15 is 0 Å². The van der Waals surface area contributed by atoms with Gasteiger partial charge in [0.15, 0.2) is 0 Å². The van der Waals surface area contributed by atoms with Gasteiger partial charge in [-0.2, -0.15) is 0 Å². The van der Waals surface area contributed by atoms with E-state index < -0.39 is 6.10 Å². The van der Waals surface area contributed by atoms with Gasteiger partial charge in [-0.25, -0.2) is 9.97 Å². The molecule has 8 nitrogen and oxygen atoms in total. The molecule has 9 heteroatoms. The summed E-state index contributed by atoms with van der Waals surface area (Å²) in [5.41, 5.74) is 6.83. The van der Waals surface area contributed by atoms with Gasteiger partial charge in [-0.1, -0.05) is 18.2 Å². The second kappa shape index (κ2) is 9.88. The Hall–Kier alpha value is -2.88. The summed E-state index contributed by atoms with van der Waals surface area (Å²) in [6.07, 6.45) is 4.67. The smallest absolute Gasteiger partial charge is 0.251 e. The molecule has 3 aromatic rings. The van der Waals surface area contributed by atoms with E-state index in [1.807, 2.05) is 6.21 Å². The van der Waals surface area contributed by atoms with Crippen molar-refractivity contribution in [3.8, 4) is 11.3 Å². The molecular weight excluding hydrogens is 472 g/mol. The molecule has 3 aliphatic rings. The Morgan fingerprint density at radius 3 is 2.67 bits per heavy atom. The molecule has 36 heavy (non-hydrogen) atoms. The Morgan fingerprint density at radius 2 is 1.89 bits per heavy atom. The number of thiophene rings is 1. The van der Waals surface area contributed by atoms with Gasteiger partial charge in [0.1, 0.15) is 6.10 Å². The van der Waals surface area contributed by atoms with Crippen molar-refractivity contribution in [3.63, 3.8) is 0 Å². The number of hydrogen-bond acceptors (Lipinski definition) is 8. The topological polar surface area (TPSA) is 85.2 Å². The summed E-state index contributed by atoms with van der Waals surface area (Å²) < 4.78 is 1.13. The third-order valence-electron chi connectivity index (χ3n) is 7.48. The quantitative estimate of drug-likeness (QED) is 0.574. The second-order valence-electron chi connectivity index (χ2n) is 9.98. The number of nitrogens with zero attached hydrogens (tertiary/aromatic N) is 6. The number of aliphatic hydroxyl groups is 1. The Kier molecular flexibility index (Phi) is 6.45. The zero-order valence-corrected chi connectivity index (χ0v) is 21.5. The number of benzene rings is 1. The zero-order chi connectivity index (χ0) is 24.6. The molecule has 2 saturated heterocycles. The van der Waals surface area contributed by atoms with Crippen LogP contribution < -0.4 is 4.90 Å². The predicted octanol–water partition coefficient (Wildman–Crippen LogP) is 3.31. The molecule has 2 aromatic heterocycles. The number of amides is 1. The van der Waals surface area contributed by atoms with Crippen LogP contribution in [0.5, 0.6) is 0 Å². The maximum Gasteiger partial charge on any atom is 0.251 e. The number of carbonyl (C=O) groups excluding carboxylic acids is 1. The average molecular weight is 505 g/mol. The fraction of sp³-hybridized carbons (Fsp3) is 0.481. The van der Waals surface area contributed by atoms with Crippen LogP contribution in [0.15, 0.2) is 28.6 Å². The van der Waals surface area contributed by atoms with E-state index in [4.69, 9.17) is 9.97 Å². The van der Waals surface area contributed by atoms with Crippen LogP contribution in [-0.4, -0.2) is 82.4 Å². The minimum Gasteiger partial charge on any atom is -0.384 e. The number of anilines is 1. The minimum atomic E-state index is -0.940. The van der Waals surface area contributed by atoms with E-state index in [9.17, 15) is 9.90 Å². The van der Waals surface area contributed by atoms with Crippen molar-refractivity contribution < 1.29 is 9.90 Å². The number of rotatable bonds is 5. The van der Waals surface area contributed by atoms with Gasteiger partial charge in [-0.3, -0.25) is 14.7 Å². The number of fused-ring (bicyclic) bond motifs is 2. The highest BCUT2D eigenvalue weighted by atomic mass is 32.1. The van der Waals surface area contributed by atoms with Gasteiger partial charge in [0.2, 0.25) is 5.95 Å². The molecule has 0 bridgehead atoms. The van der Waals surface area contributed by atoms with E-state index in [1.54, 1.807) is 16.2 Å². The number of carbonyl (C=O) groups is 1. The first kappa shape index (κ1) is 23.5. The summed E-state index contributed by atoms with van der Waals surface area (Å²) in [5, 5.41) is 11.9. The van der Waals surface area contributed by atoms with E-state index in [0.717, 1.165) is 66.7 Å². The van der Waals surface area contributed by atoms with Gasteiger partial charge in [-0.05, 0) is 37.1 Å². The molecule has 1 aromatic carbocycles. The van der Waals surface area contributed by atoms with Crippen molar-refractivity contribution in [3.05, 3.63) is 40.3 Å². The molecule has 6 rings (SSSR count). The number of hydrogen-bond donors (Lipinski definition) is 1. The number of aromatic nitrogens is 2. The van der Waals surface area contributed by atoms with Crippen LogP contribution in [0.4, 0.5) is 5.95 Å². The Labute approximate surface area is 215 Å². The van der Waals surface area contributed by atoms with E-state index in [1.165, 1.54) is 42.9 Å². The van der Waals surface area contributed by atoms with Crippen LogP contribution in [0.2, 0.25) is 0 Å². The SMILES string of the molecule is C[C@H](O)C(=O)N1CCN(Cc2csc3c(-c4cccc5c4C=NC5)nc(N4CCCCC4)nc23)CC1. The van der Waals surface area contributed by atoms with E-state index in [2.05, 4.69) is 38.4 Å². The van der Waals surface area contributed by atoms with Crippen molar-refractivity contribution in [2.45, 2.75) is 45.4 Å². The maximum absolute atomic E-state index is 12.2. The lowest BCUT2D eigenvalue weighted by atomic mass is 10.0. The molecule has 2 fully saturated rings. The molecule has 0 radical (unpaired) electrons. The van der Waals surface area contributed by atoms with Crippen molar-refractivity contribution >= 4 is 39.6 Å². The second-order valence-corrected chi connectivity index (χ2v) is 10.9. The number of aliphatic hydroxyl groups excluding tert-OH is 1. The monoisotopic (exact) mass is 504 g/mol. The average Bonchev–Trinajstić information content (AvgIpc) is 3.56. The maximum atomic E-state index is 12.2. The summed E-state index contributed by atoms with van der Waals surface area (Å²) in [4.78, 5) is 33.5. The lowest BCUT2D eigenvalue weighted by Crippen LogP contribution is -2.50. The van der Waals surface area contributed by atoms with Crippen molar-refractivity contribution in [2.24, 2.45) is 4.99 Å². The van der Waals surface area contributed by atoms with Gasteiger partial charge in [0.05, 0.1) is 22.5 Å². The predicted molar refractivity (Wildman–Crippen MR) is 144 cm³/mol. The molecule has 1 amide bonds. The Bertz CT molecular complexity index is 1310. The summed E-state index contributed by atoms with van der Waals surface area (Å²) in [5.74, 6) is 0.648. The molecule has 1 atom stereocenters. The molecular formula is C27H32N6O2S. The summed E-state index contributed by atoms with van der Waals surface area (Å²) in [6.45, 7) is 7.91. The van der Waals surface area contributed by atoms with Crippen LogP contribution in [0.25, 0.3) is 21.5 Å². The molecule has 0 unspecified atom stereocenters. The first-order chi connectivity index (χ1) is 17.6. The highest BCUT2D eigenvalue weighted by molar-refractivity contribution is 7.17. The molecule has 0 saturated carbocycles. The lowest BCUT2D eigenvalue weighted by molar-refractivity contribution is -0.141. The normalized spacial score (nSPS) is 19.2. The molecule has 0 spiro atoms. The van der Waals surface area contributed by atoms with Crippen LogP contribution >= 0.6 is 11.3 Å². The van der Waals surface area contributed by atoms with Gasteiger partial charge < -0.3 is 14.9 Å². The van der Waals surface area contributed by atoms with Crippen LogP contribution in [-0.2, 0) is 17.9 Å². The zero-order valence-electron chi connectivity index (χ0n) is 20.7. The van der Waals surface area contributed by atoms with Gasteiger partial charge in [0, 0.05) is 68.7 Å². The summed E-state index contributed by atoms with van der Waals surface area (Å²) >= 11 is 1.72. The van der Waals surface area contributed by atoms with Gasteiger partial charge >= 0.3 is 0 Å². The third kappa shape index (κ3) is 4.40. The summed E-state index contributed by atoms with van der Waals surface area (Å²) in [6, 6.07) is 6.42. The molecule has 0 aliphatic carbocycles. The van der Waals surface area contributed by atoms with E-state index in [0.29, 0.717) is 13.1 Å². The molecule has 3 aliphatic heterocycles. The first-order valence-electron chi connectivity index (χ1n) is 12.9. The third-order valence-corrected chi connectivity index (χ3v) is 8.51. The van der Waals surface area contributed by atoms with Crippen LogP contribution in [0, 0.1) is 0 Å². The molecule has 1 N–H and O–H groups in total. The van der Waals surface area contributed by atoms with Gasteiger partial charge in [0.25, 0.3) is 5.91 Å². The Morgan fingerprint density at radius 1 is 1.08 bits per heavy atom. The number of piperazine rings is 1. The van der Waals surface area contributed by atoms with Crippen molar-refractivity contribution in [1.82, 2.24) is 19.8 Å². The van der Waals surface area contributed by atoms with Crippen molar-refractivity contribution in [2.75, 3.05) is 44.2 Å². The minimum absolute atomic E-state index is 0.182. The van der Waals surface area contributed by atoms with Crippen LogP contribution in [0.3, 0.4) is 0 Å². The number of piperidine rings is 1. The van der Waals surface area contributed by atoms with Crippen LogP contribution in [0.1, 0.15) is 42.9 Å². The Balaban J connectivity index is 1.35. The van der Waals surface area contributed by atoms with Crippen molar-refractivity contribution in [1.29, 1.82) is 0 Å². The number of aliphatic imine (C=N–C) groups is 1. The fourth-order valence-corrected chi connectivity index (χ4v) is 6.46. The molecule has 188 valence electrons. The fourth-order valence-electron chi connectivity index (χ4n) is 5.46. The standard InChI is InChI=1S/C27H32N6O2S/c1-18(34)26(35)32-12-10-31(11-13-32)16-20-17-36-25-23(20)29-27(33-8-3-2-4-9-33)30-24(25)21-7-5-6-19-14-28-15-22(19)21/h5-7,15,17-18,34H,2-4,8-14,16H2,1H3/t18-/m0/s1. The van der Waals surface area contributed by atoms with Gasteiger partial charge in [-0.15, -0.1) is 11.3 Å².